The molecule has 0 amide bonds. The van der Waals surface area contributed by atoms with Gasteiger partial charge in [-0.2, -0.15) is 5.10 Å². The van der Waals surface area contributed by atoms with Gasteiger partial charge in [0.15, 0.2) is 0 Å². The lowest BCUT2D eigenvalue weighted by Crippen LogP contribution is -2.12. The molecule has 0 unspecified atom stereocenters. The molecular formula is C9H7IN4S. The minimum atomic E-state index is 0.290. The van der Waals surface area contributed by atoms with Gasteiger partial charge in [-0.25, -0.2) is 4.68 Å². The minimum absolute atomic E-state index is 0.290. The van der Waals surface area contributed by atoms with Gasteiger partial charge in [0.05, 0.1) is 21.1 Å². The molecule has 6 heteroatoms. The van der Waals surface area contributed by atoms with E-state index in [2.05, 4.69) is 32.7 Å². The molecule has 76 valence electrons. The molecule has 0 atom stereocenters. The van der Waals surface area contributed by atoms with E-state index in [4.69, 9.17) is 18.0 Å². The SMILES string of the molecule is NC(=S)c1cc(-n2cc(I)cn2)ccn1. The molecule has 0 aromatic carbocycles. The number of halogens is 1. The maximum absolute atomic E-state index is 5.50. The van der Waals surface area contributed by atoms with Crippen LogP contribution in [0.3, 0.4) is 0 Å². The van der Waals surface area contributed by atoms with Gasteiger partial charge >= 0.3 is 0 Å². The lowest BCUT2D eigenvalue weighted by molar-refractivity contribution is 0.877. The Bertz CT molecular complexity index is 508. The first-order valence-electron chi connectivity index (χ1n) is 4.13. The standard InChI is InChI=1S/C9H7IN4S/c10-6-4-13-14(5-6)7-1-2-12-8(3-7)9(11)15/h1-5H,(H2,11,15). The van der Waals surface area contributed by atoms with Crippen LogP contribution in [0, 0.1) is 3.57 Å². The molecule has 2 aromatic rings. The average molecular weight is 330 g/mol. The van der Waals surface area contributed by atoms with Crippen molar-refractivity contribution in [3.8, 4) is 5.69 Å². The van der Waals surface area contributed by atoms with E-state index in [1.54, 1.807) is 17.1 Å². The Kier molecular flexibility index (Phi) is 2.96. The van der Waals surface area contributed by atoms with Gasteiger partial charge in [0.1, 0.15) is 4.99 Å². The first kappa shape index (κ1) is 10.5. The predicted octanol–water partition coefficient (Wildman–Crippen LogP) is 1.51. The van der Waals surface area contributed by atoms with Gasteiger partial charge < -0.3 is 5.73 Å². The quantitative estimate of drug-likeness (QED) is 0.670. The van der Waals surface area contributed by atoms with Crippen LogP contribution in [0.4, 0.5) is 0 Å². The van der Waals surface area contributed by atoms with Crippen LogP contribution < -0.4 is 5.73 Å². The molecular weight excluding hydrogens is 323 g/mol. The van der Waals surface area contributed by atoms with Gasteiger partial charge in [0, 0.05) is 12.4 Å². The van der Waals surface area contributed by atoms with E-state index in [0.717, 1.165) is 9.26 Å². The average Bonchev–Trinajstić information content (AvgIpc) is 2.65. The molecule has 2 heterocycles. The van der Waals surface area contributed by atoms with Crippen LogP contribution in [0.5, 0.6) is 0 Å². The van der Waals surface area contributed by atoms with Crippen molar-refractivity contribution < 1.29 is 0 Å². The van der Waals surface area contributed by atoms with Crippen molar-refractivity contribution in [1.82, 2.24) is 14.8 Å². The summed E-state index contributed by atoms with van der Waals surface area (Å²) in [6.07, 6.45) is 5.36. The number of nitrogens with zero attached hydrogens (tertiary/aromatic N) is 3. The number of thiocarbonyl (C=S) groups is 1. The van der Waals surface area contributed by atoms with E-state index in [0.29, 0.717) is 10.7 Å². The van der Waals surface area contributed by atoms with Crippen LogP contribution in [0.2, 0.25) is 0 Å². The maximum Gasteiger partial charge on any atom is 0.122 e. The van der Waals surface area contributed by atoms with Crippen molar-refractivity contribution in [1.29, 1.82) is 0 Å². The number of nitrogens with two attached hydrogens (primary N) is 1. The van der Waals surface area contributed by atoms with Crippen molar-refractivity contribution in [2.24, 2.45) is 5.73 Å². The van der Waals surface area contributed by atoms with Crippen molar-refractivity contribution in [2.75, 3.05) is 0 Å². The molecule has 0 fully saturated rings. The van der Waals surface area contributed by atoms with Crippen molar-refractivity contribution in [3.63, 3.8) is 0 Å². The number of hydrogen-bond donors (Lipinski definition) is 1. The summed E-state index contributed by atoms with van der Waals surface area (Å²) in [5.74, 6) is 0. The fourth-order valence-corrected chi connectivity index (χ4v) is 1.64. The molecule has 0 aliphatic rings. The largest absolute Gasteiger partial charge is 0.388 e. The topological polar surface area (TPSA) is 56.7 Å². The first-order chi connectivity index (χ1) is 7.16. The third-order valence-electron chi connectivity index (χ3n) is 1.81. The van der Waals surface area contributed by atoms with E-state index in [-0.39, 0.29) is 0 Å². The minimum Gasteiger partial charge on any atom is -0.388 e. The second-order valence-corrected chi connectivity index (χ2v) is 4.55. The fourth-order valence-electron chi connectivity index (χ4n) is 1.14. The highest BCUT2D eigenvalue weighted by molar-refractivity contribution is 14.1. The van der Waals surface area contributed by atoms with Gasteiger partial charge in [-0.3, -0.25) is 4.98 Å². The number of hydrogen-bond acceptors (Lipinski definition) is 3. The zero-order chi connectivity index (χ0) is 10.8. The molecule has 2 rings (SSSR count). The summed E-state index contributed by atoms with van der Waals surface area (Å²) in [5, 5.41) is 4.18. The Balaban J connectivity index is 2.45. The first-order valence-corrected chi connectivity index (χ1v) is 5.62. The molecule has 0 aliphatic heterocycles. The second-order valence-electron chi connectivity index (χ2n) is 2.87. The maximum atomic E-state index is 5.50. The summed E-state index contributed by atoms with van der Waals surface area (Å²) >= 11 is 7.06. The number of pyridine rings is 1. The molecule has 0 saturated carbocycles. The van der Waals surface area contributed by atoms with Crippen LogP contribution in [0.1, 0.15) is 5.69 Å². The van der Waals surface area contributed by atoms with Crippen LogP contribution in [-0.2, 0) is 0 Å². The highest BCUT2D eigenvalue weighted by Crippen LogP contribution is 2.10. The third kappa shape index (κ3) is 2.32. The third-order valence-corrected chi connectivity index (χ3v) is 2.58. The molecule has 4 nitrogen and oxygen atoms in total. The zero-order valence-electron chi connectivity index (χ0n) is 7.59. The summed E-state index contributed by atoms with van der Waals surface area (Å²) in [7, 11) is 0. The Morgan fingerprint density at radius 2 is 2.33 bits per heavy atom. The monoisotopic (exact) mass is 330 g/mol. The van der Waals surface area contributed by atoms with E-state index in [9.17, 15) is 0 Å². The predicted molar refractivity (Wildman–Crippen MR) is 70.0 cm³/mol. The highest BCUT2D eigenvalue weighted by atomic mass is 127. The van der Waals surface area contributed by atoms with Crippen molar-refractivity contribution in [2.45, 2.75) is 0 Å². The molecule has 0 aliphatic carbocycles. The Hall–Kier alpha value is -1.02. The van der Waals surface area contributed by atoms with Crippen molar-refractivity contribution >= 4 is 39.8 Å². The van der Waals surface area contributed by atoms with Gasteiger partial charge in [-0.1, -0.05) is 12.2 Å². The smallest absolute Gasteiger partial charge is 0.122 e. The van der Waals surface area contributed by atoms with Crippen LogP contribution in [-0.4, -0.2) is 19.8 Å². The Labute approximate surface area is 106 Å². The van der Waals surface area contributed by atoms with Gasteiger partial charge in [0.2, 0.25) is 0 Å². The lowest BCUT2D eigenvalue weighted by Gasteiger charge is -2.02. The summed E-state index contributed by atoms with van der Waals surface area (Å²) in [6, 6.07) is 3.66. The highest BCUT2D eigenvalue weighted by Gasteiger charge is 2.02. The molecule has 0 saturated heterocycles. The summed E-state index contributed by atoms with van der Waals surface area (Å²) in [4.78, 5) is 4.35. The van der Waals surface area contributed by atoms with E-state index >= 15 is 0 Å². The molecule has 0 spiro atoms. The Morgan fingerprint density at radius 3 is 2.93 bits per heavy atom. The summed E-state index contributed by atoms with van der Waals surface area (Å²) in [5.41, 5.74) is 7.01. The fraction of sp³-hybridized carbons (Fsp3) is 0. The molecule has 15 heavy (non-hydrogen) atoms. The van der Waals surface area contributed by atoms with Gasteiger partial charge in [-0.05, 0) is 34.7 Å². The van der Waals surface area contributed by atoms with E-state index in [1.165, 1.54) is 0 Å². The summed E-state index contributed by atoms with van der Waals surface area (Å²) in [6.45, 7) is 0. The molecule has 0 bridgehead atoms. The second kappa shape index (κ2) is 4.23. The van der Waals surface area contributed by atoms with Crippen LogP contribution >= 0.6 is 34.8 Å². The summed E-state index contributed by atoms with van der Waals surface area (Å²) < 4.78 is 2.83. The Morgan fingerprint density at radius 1 is 1.53 bits per heavy atom. The normalized spacial score (nSPS) is 10.2. The van der Waals surface area contributed by atoms with Crippen LogP contribution in [0.25, 0.3) is 5.69 Å². The van der Waals surface area contributed by atoms with E-state index in [1.807, 2.05) is 18.3 Å². The molecule has 0 radical (unpaired) electrons. The van der Waals surface area contributed by atoms with Gasteiger partial charge in [-0.15, -0.1) is 0 Å². The lowest BCUT2D eigenvalue weighted by atomic mass is 10.3. The zero-order valence-corrected chi connectivity index (χ0v) is 10.6. The van der Waals surface area contributed by atoms with Crippen LogP contribution in [0.15, 0.2) is 30.7 Å². The van der Waals surface area contributed by atoms with Gasteiger partial charge in [0.25, 0.3) is 0 Å². The molecule has 2 aromatic heterocycles. The van der Waals surface area contributed by atoms with Crippen molar-refractivity contribution in [3.05, 3.63) is 40.0 Å². The number of aromatic nitrogens is 3. The number of rotatable bonds is 2. The molecule has 2 N–H and O–H groups in total. The van der Waals surface area contributed by atoms with E-state index < -0.39 is 0 Å².